The maximum Gasteiger partial charge on any atom is 0.193 e. The highest BCUT2D eigenvalue weighted by Crippen LogP contribution is 2.28. The summed E-state index contributed by atoms with van der Waals surface area (Å²) in [6.07, 6.45) is 3.92. The SMILES string of the molecule is CN=C(NCCCc1nn(-c2ccc(F)cc2)c(N)c1C#N)N(C)CCOCC1CC1.I. The van der Waals surface area contributed by atoms with Crippen LogP contribution >= 0.6 is 24.0 Å². The van der Waals surface area contributed by atoms with Crippen LogP contribution in [0.4, 0.5) is 10.2 Å². The fourth-order valence-electron chi connectivity index (χ4n) is 3.24. The molecule has 1 aliphatic rings. The number of anilines is 1. The van der Waals surface area contributed by atoms with E-state index >= 15 is 0 Å². The Hall–Kier alpha value is -2.39. The third-order valence-corrected chi connectivity index (χ3v) is 5.24. The molecule has 1 fully saturated rings. The zero-order valence-corrected chi connectivity index (χ0v) is 20.9. The number of aliphatic imine (C=N–C) groups is 1. The van der Waals surface area contributed by atoms with Crippen molar-refractivity contribution in [1.29, 1.82) is 5.26 Å². The Morgan fingerprint density at radius 2 is 2.12 bits per heavy atom. The molecule has 3 N–H and O–H groups in total. The van der Waals surface area contributed by atoms with Crippen LogP contribution in [0.25, 0.3) is 5.69 Å². The quantitative estimate of drug-likeness (QED) is 0.202. The molecule has 8 nitrogen and oxygen atoms in total. The van der Waals surface area contributed by atoms with E-state index in [1.165, 1.54) is 29.7 Å². The van der Waals surface area contributed by atoms with Gasteiger partial charge in [-0.15, -0.1) is 24.0 Å². The number of aromatic nitrogens is 2. The van der Waals surface area contributed by atoms with Crippen LogP contribution in [0.1, 0.15) is 30.5 Å². The lowest BCUT2D eigenvalue weighted by molar-refractivity contribution is 0.115. The van der Waals surface area contributed by atoms with Gasteiger partial charge in [0.15, 0.2) is 5.96 Å². The highest BCUT2D eigenvalue weighted by atomic mass is 127. The molecular formula is C22H31FIN7O. The van der Waals surface area contributed by atoms with Gasteiger partial charge in [-0.25, -0.2) is 9.07 Å². The molecule has 2 aromatic rings. The van der Waals surface area contributed by atoms with E-state index in [2.05, 4.69) is 21.5 Å². The number of halogens is 2. The number of benzene rings is 1. The van der Waals surface area contributed by atoms with Crippen LogP contribution in [0.15, 0.2) is 29.3 Å². The van der Waals surface area contributed by atoms with E-state index in [1.807, 2.05) is 11.9 Å². The van der Waals surface area contributed by atoms with E-state index in [9.17, 15) is 9.65 Å². The van der Waals surface area contributed by atoms with Gasteiger partial charge in [0, 0.05) is 33.8 Å². The van der Waals surface area contributed by atoms with Crippen molar-refractivity contribution in [1.82, 2.24) is 20.0 Å². The average Bonchev–Trinajstić information content (AvgIpc) is 3.54. The molecule has 32 heavy (non-hydrogen) atoms. The summed E-state index contributed by atoms with van der Waals surface area (Å²) in [6, 6.07) is 7.98. The number of nitriles is 1. The smallest absolute Gasteiger partial charge is 0.193 e. The highest BCUT2D eigenvalue weighted by Gasteiger charge is 2.21. The lowest BCUT2D eigenvalue weighted by Crippen LogP contribution is -2.41. The van der Waals surface area contributed by atoms with Gasteiger partial charge in [-0.1, -0.05) is 0 Å². The molecule has 0 radical (unpaired) electrons. The van der Waals surface area contributed by atoms with Gasteiger partial charge in [-0.3, -0.25) is 4.99 Å². The van der Waals surface area contributed by atoms with E-state index < -0.39 is 0 Å². The lowest BCUT2D eigenvalue weighted by Gasteiger charge is -2.22. The molecule has 1 aromatic heterocycles. The summed E-state index contributed by atoms with van der Waals surface area (Å²) in [6.45, 7) is 2.98. The molecule has 1 saturated carbocycles. The fourth-order valence-corrected chi connectivity index (χ4v) is 3.24. The summed E-state index contributed by atoms with van der Waals surface area (Å²) < 4.78 is 20.4. The van der Waals surface area contributed by atoms with Crippen LogP contribution in [-0.2, 0) is 11.2 Å². The van der Waals surface area contributed by atoms with Gasteiger partial charge in [0.05, 0.1) is 18.0 Å². The standard InChI is InChI=1S/C22H30FN7O.HI/c1-26-22(29(2)12-13-31-15-16-5-6-16)27-11-3-4-20-19(14-24)21(25)30(28-20)18-9-7-17(23)8-10-18;/h7-10,16H,3-6,11-13,15,25H2,1-2H3,(H,26,27);1H. The number of nitrogens with one attached hydrogen (secondary N) is 1. The molecule has 0 atom stereocenters. The number of ether oxygens (including phenoxy) is 1. The summed E-state index contributed by atoms with van der Waals surface area (Å²) in [5, 5.41) is 17.3. The molecular weight excluding hydrogens is 524 g/mol. The summed E-state index contributed by atoms with van der Waals surface area (Å²) in [4.78, 5) is 6.35. The number of aryl methyl sites for hydroxylation is 1. The first-order chi connectivity index (χ1) is 15.0. The van der Waals surface area contributed by atoms with Crippen LogP contribution in [0.3, 0.4) is 0 Å². The Bertz CT molecular complexity index is 935. The fraction of sp³-hybridized carbons (Fsp3) is 0.500. The average molecular weight is 555 g/mol. The van der Waals surface area contributed by atoms with Crippen molar-refractivity contribution in [2.75, 3.05) is 46.1 Å². The molecule has 1 heterocycles. The zero-order chi connectivity index (χ0) is 22.2. The number of nitrogen functional groups attached to an aromatic ring is 1. The topological polar surface area (TPSA) is 104 Å². The predicted molar refractivity (Wildman–Crippen MR) is 134 cm³/mol. The van der Waals surface area contributed by atoms with E-state index in [4.69, 9.17) is 10.5 Å². The van der Waals surface area contributed by atoms with Gasteiger partial charge in [0.25, 0.3) is 0 Å². The number of nitrogens with two attached hydrogens (primary N) is 1. The first kappa shape index (κ1) is 25.9. The minimum Gasteiger partial charge on any atom is -0.382 e. The number of hydrogen-bond donors (Lipinski definition) is 2. The van der Waals surface area contributed by atoms with Crippen LogP contribution < -0.4 is 11.1 Å². The first-order valence-corrected chi connectivity index (χ1v) is 10.6. The van der Waals surface area contributed by atoms with Gasteiger partial charge in [0.2, 0.25) is 0 Å². The third-order valence-electron chi connectivity index (χ3n) is 5.24. The predicted octanol–water partition coefficient (Wildman–Crippen LogP) is 2.95. The molecule has 1 aliphatic carbocycles. The summed E-state index contributed by atoms with van der Waals surface area (Å²) in [5.74, 6) is 1.49. The Kier molecular flexibility index (Phi) is 10.2. The van der Waals surface area contributed by atoms with Crippen molar-refractivity contribution in [2.24, 2.45) is 10.9 Å². The molecule has 0 unspecified atom stereocenters. The first-order valence-electron chi connectivity index (χ1n) is 10.6. The van der Waals surface area contributed by atoms with Crippen molar-refractivity contribution in [3.05, 3.63) is 41.3 Å². The molecule has 0 aliphatic heterocycles. The van der Waals surface area contributed by atoms with Gasteiger partial charge in [0.1, 0.15) is 23.3 Å². The molecule has 0 bridgehead atoms. The van der Waals surface area contributed by atoms with Crippen molar-refractivity contribution in [2.45, 2.75) is 25.7 Å². The zero-order valence-electron chi connectivity index (χ0n) is 18.6. The number of hydrogen-bond acceptors (Lipinski definition) is 5. The van der Waals surface area contributed by atoms with Crippen LogP contribution in [0.5, 0.6) is 0 Å². The summed E-state index contributed by atoms with van der Waals surface area (Å²) >= 11 is 0. The number of rotatable bonds is 10. The number of guanidine groups is 1. The molecule has 3 rings (SSSR count). The third kappa shape index (κ3) is 7.06. The summed E-state index contributed by atoms with van der Waals surface area (Å²) in [7, 11) is 3.73. The Morgan fingerprint density at radius 1 is 1.41 bits per heavy atom. The largest absolute Gasteiger partial charge is 0.382 e. The number of nitrogens with zero attached hydrogens (tertiary/aromatic N) is 5. The van der Waals surface area contributed by atoms with Crippen LogP contribution in [0.2, 0.25) is 0 Å². The maximum absolute atomic E-state index is 13.2. The van der Waals surface area contributed by atoms with E-state index in [-0.39, 0.29) is 35.6 Å². The lowest BCUT2D eigenvalue weighted by atomic mass is 10.1. The van der Waals surface area contributed by atoms with E-state index in [0.717, 1.165) is 31.4 Å². The van der Waals surface area contributed by atoms with Crippen LogP contribution in [-0.4, -0.2) is 61.0 Å². The maximum atomic E-state index is 13.2. The second-order valence-electron chi connectivity index (χ2n) is 7.72. The molecule has 174 valence electrons. The molecule has 0 amide bonds. The monoisotopic (exact) mass is 555 g/mol. The normalized spacial score (nSPS) is 13.4. The van der Waals surface area contributed by atoms with Crippen LogP contribution in [0, 0.1) is 23.1 Å². The second-order valence-corrected chi connectivity index (χ2v) is 7.72. The Morgan fingerprint density at radius 3 is 2.75 bits per heavy atom. The van der Waals surface area contributed by atoms with Crippen molar-refractivity contribution in [3.8, 4) is 11.8 Å². The highest BCUT2D eigenvalue weighted by molar-refractivity contribution is 14.0. The van der Waals surface area contributed by atoms with E-state index in [1.54, 1.807) is 19.2 Å². The van der Waals surface area contributed by atoms with Gasteiger partial charge < -0.3 is 20.7 Å². The Labute approximate surface area is 205 Å². The Balaban J connectivity index is 0.00000363. The molecule has 0 saturated heterocycles. The molecule has 0 spiro atoms. The van der Waals surface area contributed by atoms with Crippen molar-refractivity contribution < 1.29 is 9.13 Å². The molecule has 10 heteroatoms. The minimum atomic E-state index is -0.339. The van der Waals surface area contributed by atoms with Gasteiger partial charge in [-0.05, 0) is 55.9 Å². The van der Waals surface area contributed by atoms with Crippen molar-refractivity contribution in [3.63, 3.8) is 0 Å². The van der Waals surface area contributed by atoms with Gasteiger partial charge >= 0.3 is 0 Å². The number of likely N-dealkylation sites (N-methyl/N-ethyl adjacent to an activating group) is 1. The summed E-state index contributed by atoms with van der Waals surface area (Å²) in [5.41, 5.74) is 7.71. The minimum absolute atomic E-state index is 0. The van der Waals surface area contributed by atoms with Crippen molar-refractivity contribution >= 4 is 35.8 Å². The second kappa shape index (κ2) is 12.6. The van der Waals surface area contributed by atoms with Gasteiger partial charge in [-0.2, -0.15) is 10.4 Å². The van der Waals surface area contributed by atoms with E-state index in [0.29, 0.717) is 36.5 Å². The molecule has 1 aromatic carbocycles.